The Morgan fingerprint density at radius 1 is 1.13 bits per heavy atom. The number of carbonyl (C=O) groups excluding carboxylic acids is 1. The molecule has 0 radical (unpaired) electrons. The van der Waals surface area contributed by atoms with Crippen molar-refractivity contribution in [3.63, 3.8) is 0 Å². The minimum Gasteiger partial charge on any atom is -0.355 e. The Labute approximate surface area is 181 Å². The minimum atomic E-state index is 0.236. The first-order chi connectivity index (χ1) is 15.2. The van der Waals surface area contributed by atoms with Gasteiger partial charge in [0.05, 0.1) is 5.69 Å². The van der Waals surface area contributed by atoms with E-state index in [9.17, 15) is 4.79 Å². The molecule has 0 N–H and O–H groups in total. The van der Waals surface area contributed by atoms with Crippen LogP contribution in [-0.2, 0) is 11.2 Å². The zero-order chi connectivity index (χ0) is 20.9. The average molecular weight is 418 g/mol. The van der Waals surface area contributed by atoms with Gasteiger partial charge in [-0.2, -0.15) is 4.98 Å². The van der Waals surface area contributed by atoms with Gasteiger partial charge in [-0.15, -0.1) is 0 Å². The Morgan fingerprint density at radius 2 is 1.97 bits per heavy atom. The highest BCUT2D eigenvalue weighted by molar-refractivity contribution is 5.88. The largest absolute Gasteiger partial charge is 0.355 e. The van der Waals surface area contributed by atoms with Gasteiger partial charge in [0, 0.05) is 31.6 Å². The van der Waals surface area contributed by atoms with Gasteiger partial charge < -0.3 is 14.3 Å². The van der Waals surface area contributed by atoms with Crippen LogP contribution in [0.1, 0.15) is 36.9 Å². The van der Waals surface area contributed by atoms with Crippen LogP contribution in [0.3, 0.4) is 0 Å². The Morgan fingerprint density at radius 3 is 2.84 bits per heavy atom. The molecule has 3 aliphatic rings. The molecular weight excluding hydrogens is 390 g/mol. The molecule has 7 nitrogen and oxygen atoms in total. The highest BCUT2D eigenvalue weighted by Crippen LogP contribution is 2.44. The number of piperidine rings is 3. The summed E-state index contributed by atoms with van der Waals surface area (Å²) in [6.07, 6.45) is 6.47. The molecule has 2 bridgehead atoms. The van der Waals surface area contributed by atoms with E-state index in [1.54, 1.807) is 6.33 Å². The van der Waals surface area contributed by atoms with Crippen LogP contribution >= 0.6 is 0 Å². The second kappa shape index (κ2) is 7.32. The fourth-order valence-corrected chi connectivity index (χ4v) is 6.21. The van der Waals surface area contributed by atoms with Gasteiger partial charge in [-0.05, 0) is 50.0 Å². The minimum absolute atomic E-state index is 0.236. The summed E-state index contributed by atoms with van der Waals surface area (Å²) in [5.74, 6) is 2.16. The molecule has 2 aromatic heterocycles. The lowest BCUT2D eigenvalue weighted by atomic mass is 9.70. The molecule has 3 fully saturated rings. The first-order valence-electron chi connectivity index (χ1n) is 11.4. The number of amides is 1. The number of anilines is 1. The molecular formula is C24H27N5O2. The molecule has 1 amide bonds. The lowest BCUT2D eigenvalue weighted by Crippen LogP contribution is -2.65. The van der Waals surface area contributed by atoms with Crippen molar-refractivity contribution < 1.29 is 9.32 Å². The molecule has 6 rings (SSSR count). The first-order valence-corrected chi connectivity index (χ1v) is 11.4. The number of carbonyl (C=O) groups is 1. The standard InChI is InChI=1S/C24H27N5O2/c1-15-22-23(25-14-26-24(22)31-27-15)28-12-17-11-18(13-28)20(10-16-6-3-2-4-7-16)29-19(17)8-5-9-21(29)30/h2-4,6-7,14,17-20H,5,8-13H2,1H3/t17-,18+,19+,20+/m1/s1. The summed E-state index contributed by atoms with van der Waals surface area (Å²) in [7, 11) is 0. The third-order valence-electron chi connectivity index (χ3n) is 7.51. The van der Waals surface area contributed by atoms with Crippen molar-refractivity contribution in [2.75, 3.05) is 18.0 Å². The number of hydrogen-bond acceptors (Lipinski definition) is 6. The van der Waals surface area contributed by atoms with Gasteiger partial charge in [0.2, 0.25) is 5.91 Å². The van der Waals surface area contributed by atoms with Crippen molar-refractivity contribution in [2.24, 2.45) is 11.8 Å². The molecule has 3 aromatic rings. The second-order valence-corrected chi connectivity index (χ2v) is 9.32. The summed E-state index contributed by atoms with van der Waals surface area (Å²) in [6.45, 7) is 3.75. The van der Waals surface area contributed by atoms with Crippen LogP contribution in [0.25, 0.3) is 11.1 Å². The summed E-state index contributed by atoms with van der Waals surface area (Å²) in [5, 5.41) is 5.03. The number of fused-ring (bicyclic) bond motifs is 5. The predicted octanol–water partition coefficient (Wildman–Crippen LogP) is 3.37. The average Bonchev–Trinajstić information content (AvgIpc) is 3.18. The Kier molecular flexibility index (Phi) is 4.44. The van der Waals surface area contributed by atoms with Crippen molar-refractivity contribution in [1.82, 2.24) is 20.0 Å². The highest BCUT2D eigenvalue weighted by atomic mass is 16.5. The van der Waals surface area contributed by atoms with E-state index in [0.29, 0.717) is 35.9 Å². The van der Waals surface area contributed by atoms with Crippen LogP contribution < -0.4 is 4.90 Å². The fraction of sp³-hybridized carbons (Fsp3) is 0.500. The molecule has 3 saturated heterocycles. The van der Waals surface area contributed by atoms with Crippen LogP contribution in [0.4, 0.5) is 5.82 Å². The Bertz CT molecular complexity index is 1110. The van der Waals surface area contributed by atoms with Crippen molar-refractivity contribution in [3.05, 3.63) is 47.9 Å². The Hall–Kier alpha value is -2.96. The maximum Gasteiger partial charge on any atom is 0.263 e. The summed E-state index contributed by atoms with van der Waals surface area (Å²) >= 11 is 0. The van der Waals surface area contributed by atoms with E-state index in [-0.39, 0.29) is 6.04 Å². The number of aryl methyl sites for hydroxylation is 1. The van der Waals surface area contributed by atoms with Gasteiger partial charge in [0.25, 0.3) is 5.71 Å². The lowest BCUT2D eigenvalue weighted by Gasteiger charge is -2.57. The molecule has 3 aliphatic heterocycles. The van der Waals surface area contributed by atoms with Gasteiger partial charge in [-0.3, -0.25) is 4.79 Å². The van der Waals surface area contributed by atoms with Crippen LogP contribution in [0.2, 0.25) is 0 Å². The Balaban J connectivity index is 1.38. The van der Waals surface area contributed by atoms with Crippen molar-refractivity contribution in [2.45, 2.75) is 51.1 Å². The quantitative estimate of drug-likeness (QED) is 0.650. The zero-order valence-electron chi connectivity index (χ0n) is 17.8. The van der Waals surface area contributed by atoms with Crippen LogP contribution in [0.5, 0.6) is 0 Å². The molecule has 0 aliphatic carbocycles. The fourth-order valence-electron chi connectivity index (χ4n) is 6.21. The van der Waals surface area contributed by atoms with E-state index in [1.807, 2.05) is 6.92 Å². The van der Waals surface area contributed by atoms with Gasteiger partial charge in [0.1, 0.15) is 17.5 Å². The monoisotopic (exact) mass is 417 g/mol. The number of rotatable bonds is 3. The summed E-state index contributed by atoms with van der Waals surface area (Å²) in [4.78, 5) is 26.7. The van der Waals surface area contributed by atoms with Crippen LogP contribution in [0, 0.1) is 18.8 Å². The molecule has 4 atom stereocenters. The van der Waals surface area contributed by atoms with Crippen LogP contribution in [0.15, 0.2) is 41.2 Å². The maximum absolute atomic E-state index is 13.1. The van der Waals surface area contributed by atoms with E-state index in [4.69, 9.17) is 4.52 Å². The summed E-state index contributed by atoms with van der Waals surface area (Å²) in [6, 6.07) is 11.2. The van der Waals surface area contributed by atoms with Crippen molar-refractivity contribution >= 4 is 22.8 Å². The molecule has 0 unspecified atom stereocenters. The van der Waals surface area contributed by atoms with Gasteiger partial charge >= 0.3 is 0 Å². The topological polar surface area (TPSA) is 75.4 Å². The summed E-state index contributed by atoms with van der Waals surface area (Å²) in [5.41, 5.74) is 2.68. The molecule has 5 heterocycles. The molecule has 160 valence electrons. The lowest BCUT2D eigenvalue weighted by molar-refractivity contribution is -0.148. The first kappa shape index (κ1) is 18.8. The molecule has 1 aromatic carbocycles. The van der Waals surface area contributed by atoms with Gasteiger partial charge in [-0.1, -0.05) is 35.5 Å². The number of benzene rings is 1. The molecule has 7 heteroatoms. The zero-order valence-corrected chi connectivity index (χ0v) is 17.8. The third kappa shape index (κ3) is 3.09. The normalized spacial score (nSPS) is 28.1. The van der Waals surface area contributed by atoms with Crippen molar-refractivity contribution in [1.29, 1.82) is 0 Å². The molecule has 0 saturated carbocycles. The summed E-state index contributed by atoms with van der Waals surface area (Å²) < 4.78 is 5.39. The number of aromatic nitrogens is 3. The number of nitrogens with zero attached hydrogens (tertiary/aromatic N) is 5. The number of hydrogen-bond donors (Lipinski definition) is 0. The van der Waals surface area contributed by atoms with Crippen molar-refractivity contribution in [3.8, 4) is 0 Å². The molecule has 31 heavy (non-hydrogen) atoms. The maximum atomic E-state index is 13.1. The van der Waals surface area contributed by atoms with Crippen LogP contribution in [-0.4, -0.2) is 51.1 Å². The molecule has 0 spiro atoms. The van der Waals surface area contributed by atoms with E-state index < -0.39 is 0 Å². The van der Waals surface area contributed by atoms with E-state index in [1.165, 1.54) is 12.0 Å². The van der Waals surface area contributed by atoms with E-state index in [0.717, 1.165) is 49.2 Å². The smallest absolute Gasteiger partial charge is 0.263 e. The SMILES string of the molecule is Cc1noc2ncnc(N3C[C@H]4C[C@@H](C3)[C@H](Cc3ccccc3)N3C(=O)CCC[C@@H]43)c12. The van der Waals surface area contributed by atoms with E-state index >= 15 is 0 Å². The van der Waals surface area contributed by atoms with E-state index in [2.05, 4.69) is 55.3 Å². The predicted molar refractivity (Wildman–Crippen MR) is 117 cm³/mol. The third-order valence-corrected chi connectivity index (χ3v) is 7.51. The highest BCUT2D eigenvalue weighted by Gasteiger charge is 2.49. The second-order valence-electron chi connectivity index (χ2n) is 9.32. The van der Waals surface area contributed by atoms with Gasteiger partial charge in [0.15, 0.2) is 0 Å². The van der Waals surface area contributed by atoms with Gasteiger partial charge in [-0.25, -0.2) is 4.98 Å².